The van der Waals surface area contributed by atoms with Crippen LogP contribution in [0.15, 0.2) is 54.9 Å². The molecule has 0 spiro atoms. The summed E-state index contributed by atoms with van der Waals surface area (Å²) in [7, 11) is 0. The summed E-state index contributed by atoms with van der Waals surface area (Å²) in [4.78, 5) is 12.5. The summed E-state index contributed by atoms with van der Waals surface area (Å²) in [5, 5.41) is 10.6. The van der Waals surface area contributed by atoms with Crippen molar-refractivity contribution in [2.24, 2.45) is 5.73 Å². The number of nitrogens with zero attached hydrogens (tertiary/aromatic N) is 2. The lowest BCUT2D eigenvalue weighted by atomic mass is 9.68. The number of carbonyl (C=O) groups excluding carboxylic acids is 1. The van der Waals surface area contributed by atoms with Crippen LogP contribution in [0.4, 0.5) is 5.69 Å². The Balaban J connectivity index is 1.58. The second-order valence-corrected chi connectivity index (χ2v) is 7.83. The number of anilines is 1. The predicted molar refractivity (Wildman–Crippen MR) is 113 cm³/mol. The van der Waals surface area contributed by atoms with Gasteiger partial charge >= 0.3 is 0 Å². The van der Waals surface area contributed by atoms with Gasteiger partial charge in [0.1, 0.15) is 0 Å². The van der Waals surface area contributed by atoms with Crippen molar-refractivity contribution >= 4 is 22.5 Å². The molecule has 5 rings (SSSR count). The van der Waals surface area contributed by atoms with Gasteiger partial charge in [-0.05, 0) is 42.7 Å². The Hall–Kier alpha value is -3.32. The molecule has 1 aliphatic heterocycles. The number of H-pyrrole nitrogens is 1. The second kappa shape index (κ2) is 6.93. The molecule has 3 aromatic rings. The smallest absolute Gasteiger partial charge is 0.228 e. The lowest BCUT2D eigenvalue weighted by Gasteiger charge is -2.35. The van der Waals surface area contributed by atoms with Gasteiger partial charge in [0.25, 0.3) is 0 Å². The minimum atomic E-state index is -0.568. The van der Waals surface area contributed by atoms with Gasteiger partial charge in [-0.15, -0.1) is 5.53 Å². The number of carbonyl (C=O) groups is 1. The van der Waals surface area contributed by atoms with Crippen molar-refractivity contribution in [3.8, 4) is 11.3 Å². The molecule has 5 N–H and O–H groups in total. The number of aromatic nitrogens is 2. The summed E-state index contributed by atoms with van der Waals surface area (Å²) in [6, 6.07) is 14.3. The van der Waals surface area contributed by atoms with E-state index in [9.17, 15) is 4.79 Å². The van der Waals surface area contributed by atoms with E-state index in [0.717, 1.165) is 65.5 Å². The Morgan fingerprint density at radius 1 is 1.10 bits per heavy atom. The van der Waals surface area contributed by atoms with Crippen LogP contribution in [0.25, 0.3) is 22.2 Å². The second-order valence-electron chi connectivity index (χ2n) is 7.83. The zero-order chi connectivity index (χ0) is 19.8. The van der Waals surface area contributed by atoms with Gasteiger partial charge in [-0.3, -0.25) is 14.9 Å². The van der Waals surface area contributed by atoms with E-state index in [1.807, 2.05) is 47.7 Å². The maximum Gasteiger partial charge on any atom is 0.228 e. The van der Waals surface area contributed by atoms with Gasteiger partial charge < -0.3 is 11.2 Å². The number of hydrogen-bond acceptors (Lipinski definition) is 5. The molecule has 148 valence electrons. The average molecular weight is 388 g/mol. The summed E-state index contributed by atoms with van der Waals surface area (Å²) in [6.45, 7) is 0. The van der Waals surface area contributed by atoms with Crippen LogP contribution in [0.3, 0.4) is 0 Å². The van der Waals surface area contributed by atoms with Crippen LogP contribution in [0, 0.1) is 0 Å². The molecule has 0 saturated heterocycles. The van der Waals surface area contributed by atoms with Crippen molar-refractivity contribution in [1.82, 2.24) is 21.2 Å². The number of fused-ring (bicyclic) bond motifs is 1. The minimum Gasteiger partial charge on any atom is -0.369 e. The highest BCUT2D eigenvalue weighted by Crippen LogP contribution is 2.41. The Kier molecular flexibility index (Phi) is 4.24. The molecule has 2 heterocycles. The molecule has 1 amide bonds. The summed E-state index contributed by atoms with van der Waals surface area (Å²) in [5.74, 6) is -0.220. The van der Waals surface area contributed by atoms with E-state index in [2.05, 4.69) is 33.3 Å². The predicted octanol–water partition coefficient (Wildman–Crippen LogP) is 3.22. The van der Waals surface area contributed by atoms with Gasteiger partial charge in [0, 0.05) is 23.3 Å². The van der Waals surface area contributed by atoms with E-state index in [1.54, 1.807) is 0 Å². The fraction of sp³-hybridized carbons (Fsp3) is 0.273. The van der Waals surface area contributed by atoms with Crippen molar-refractivity contribution < 1.29 is 4.79 Å². The molecule has 7 nitrogen and oxygen atoms in total. The highest BCUT2D eigenvalue weighted by Gasteiger charge is 2.39. The zero-order valence-electron chi connectivity index (χ0n) is 16.1. The van der Waals surface area contributed by atoms with E-state index in [1.165, 1.54) is 0 Å². The number of hydrogen-bond donors (Lipinski definition) is 4. The van der Waals surface area contributed by atoms with Crippen LogP contribution < -0.4 is 21.7 Å². The Morgan fingerprint density at radius 2 is 1.97 bits per heavy atom. The summed E-state index contributed by atoms with van der Waals surface area (Å²) in [5.41, 5.74) is 16.1. The lowest BCUT2D eigenvalue weighted by molar-refractivity contribution is -0.124. The SMILES string of the molecule is NC(=O)C1(c2cccc(-c3n[nH]c4ccc(N5C=CNN5)cc34)c2)CCCCC1. The van der Waals surface area contributed by atoms with E-state index in [0.29, 0.717) is 0 Å². The van der Waals surface area contributed by atoms with Crippen molar-refractivity contribution in [3.63, 3.8) is 0 Å². The third-order valence-corrected chi connectivity index (χ3v) is 6.18. The Labute approximate surface area is 168 Å². The van der Waals surface area contributed by atoms with Gasteiger partial charge in [-0.2, -0.15) is 5.10 Å². The number of nitrogens with two attached hydrogens (primary N) is 1. The highest BCUT2D eigenvalue weighted by molar-refractivity contribution is 5.95. The zero-order valence-corrected chi connectivity index (χ0v) is 16.1. The summed E-state index contributed by atoms with van der Waals surface area (Å²) < 4.78 is 0. The van der Waals surface area contributed by atoms with Crippen LogP contribution in [0.2, 0.25) is 0 Å². The van der Waals surface area contributed by atoms with Crippen LogP contribution in [0.5, 0.6) is 0 Å². The number of rotatable bonds is 4. The summed E-state index contributed by atoms with van der Waals surface area (Å²) >= 11 is 0. The molecule has 0 atom stereocenters. The first-order chi connectivity index (χ1) is 14.2. The van der Waals surface area contributed by atoms with E-state index in [4.69, 9.17) is 5.73 Å². The van der Waals surface area contributed by atoms with Gasteiger partial charge in [0.15, 0.2) is 0 Å². The number of hydrazine groups is 2. The molecular weight excluding hydrogens is 364 g/mol. The maximum atomic E-state index is 12.5. The standard InChI is InChI=1S/C22H24N6O/c23-21(29)22(9-2-1-3-10-22)16-6-4-5-15(13-16)20-18-14-17(28-12-11-24-27-28)7-8-19(18)25-26-20/h4-8,11-14,24,27H,1-3,9-10H2,(H2,23,29)(H,25,26). The fourth-order valence-corrected chi connectivity index (χ4v) is 4.58. The van der Waals surface area contributed by atoms with Crippen LogP contribution in [0.1, 0.15) is 37.7 Å². The maximum absolute atomic E-state index is 12.5. The molecule has 29 heavy (non-hydrogen) atoms. The first-order valence-corrected chi connectivity index (χ1v) is 10.0. The van der Waals surface area contributed by atoms with Crippen molar-refractivity contribution in [1.29, 1.82) is 0 Å². The van der Waals surface area contributed by atoms with E-state index < -0.39 is 5.41 Å². The third kappa shape index (κ3) is 2.94. The molecule has 1 saturated carbocycles. The molecule has 1 fully saturated rings. The number of aromatic amines is 1. The van der Waals surface area contributed by atoms with Gasteiger partial charge in [-0.1, -0.05) is 37.5 Å². The van der Waals surface area contributed by atoms with Crippen molar-refractivity contribution in [3.05, 3.63) is 60.4 Å². The number of primary amides is 1. The quantitative estimate of drug-likeness (QED) is 0.550. The lowest BCUT2D eigenvalue weighted by Crippen LogP contribution is -2.42. The average Bonchev–Trinajstić information content (AvgIpc) is 3.44. The van der Waals surface area contributed by atoms with Gasteiger partial charge in [-0.25, -0.2) is 0 Å². The molecule has 0 unspecified atom stereocenters. The van der Waals surface area contributed by atoms with Crippen LogP contribution in [-0.4, -0.2) is 16.1 Å². The van der Waals surface area contributed by atoms with Gasteiger partial charge in [0.2, 0.25) is 5.91 Å². The van der Waals surface area contributed by atoms with Crippen molar-refractivity contribution in [2.75, 3.05) is 5.01 Å². The van der Waals surface area contributed by atoms with Crippen LogP contribution in [-0.2, 0) is 10.2 Å². The molecule has 1 aliphatic carbocycles. The molecule has 0 radical (unpaired) electrons. The molecule has 1 aromatic heterocycles. The van der Waals surface area contributed by atoms with Gasteiger partial charge in [0.05, 0.1) is 22.3 Å². The monoisotopic (exact) mass is 388 g/mol. The largest absolute Gasteiger partial charge is 0.369 e. The minimum absolute atomic E-state index is 0.220. The van der Waals surface area contributed by atoms with E-state index in [-0.39, 0.29) is 5.91 Å². The first-order valence-electron chi connectivity index (χ1n) is 10.0. The van der Waals surface area contributed by atoms with Crippen LogP contribution >= 0.6 is 0 Å². The number of amides is 1. The van der Waals surface area contributed by atoms with Crippen molar-refractivity contribution in [2.45, 2.75) is 37.5 Å². The topological polar surface area (TPSA) is 99.1 Å². The first kappa shape index (κ1) is 17.8. The fourth-order valence-electron chi connectivity index (χ4n) is 4.58. The molecule has 0 bridgehead atoms. The normalized spacial score (nSPS) is 18.1. The highest BCUT2D eigenvalue weighted by atomic mass is 16.1. The Morgan fingerprint density at radius 3 is 2.72 bits per heavy atom. The molecule has 2 aliphatic rings. The third-order valence-electron chi connectivity index (χ3n) is 6.18. The molecule has 7 heteroatoms. The molecular formula is C22H24N6O. The molecule has 2 aromatic carbocycles. The number of nitrogens with one attached hydrogen (secondary N) is 3. The Bertz CT molecular complexity index is 1100. The number of benzene rings is 2. The van der Waals surface area contributed by atoms with E-state index >= 15 is 0 Å². The summed E-state index contributed by atoms with van der Waals surface area (Å²) in [6.07, 6.45) is 8.61.